The van der Waals surface area contributed by atoms with Crippen LogP contribution in [0.2, 0.25) is 0 Å². The molecule has 0 amide bonds. The molecule has 1 aliphatic heterocycles. The lowest BCUT2D eigenvalue weighted by Gasteiger charge is -2.00. The van der Waals surface area contributed by atoms with Crippen LogP contribution in [0.15, 0.2) is 59.5 Å². The molecule has 1 fully saturated rings. The second kappa shape index (κ2) is 5.90. The van der Waals surface area contributed by atoms with Crippen LogP contribution >= 0.6 is 0 Å². The fourth-order valence-electron chi connectivity index (χ4n) is 2.28. The third-order valence-corrected chi connectivity index (χ3v) is 5.13. The summed E-state index contributed by atoms with van der Waals surface area (Å²) in [7, 11) is -1.04. The molecule has 0 unspecified atom stereocenters. The topological polar surface area (TPSA) is 29.6 Å². The standard InChI is InChI=1S/C17H18O2S/c1-13-7-10-15(11-8-13)20(18)17-16(19-17)12-9-14-5-3-2-4-6-14/h2-8,10-11,16-17H,9,12H2,1H3/t16-,17-,20+/m1/s1. The van der Waals surface area contributed by atoms with Gasteiger partial charge in [-0.1, -0.05) is 48.0 Å². The first-order valence-electron chi connectivity index (χ1n) is 6.91. The quantitative estimate of drug-likeness (QED) is 0.788. The fourth-order valence-corrected chi connectivity index (χ4v) is 3.61. The van der Waals surface area contributed by atoms with E-state index in [1.54, 1.807) is 0 Å². The maximum Gasteiger partial charge on any atom is 0.163 e. The van der Waals surface area contributed by atoms with Gasteiger partial charge in [0.1, 0.15) is 0 Å². The highest BCUT2D eigenvalue weighted by Crippen LogP contribution is 2.32. The van der Waals surface area contributed by atoms with E-state index < -0.39 is 10.8 Å². The summed E-state index contributed by atoms with van der Waals surface area (Å²) < 4.78 is 17.9. The molecule has 3 atom stereocenters. The number of ether oxygens (including phenoxy) is 1. The maximum absolute atomic E-state index is 12.3. The van der Waals surface area contributed by atoms with E-state index in [0.29, 0.717) is 0 Å². The summed E-state index contributed by atoms with van der Waals surface area (Å²) in [6.07, 6.45) is 2.05. The minimum atomic E-state index is -1.04. The second-order valence-corrected chi connectivity index (χ2v) is 6.71. The number of aryl methyl sites for hydroxylation is 2. The van der Waals surface area contributed by atoms with Gasteiger partial charge in [0.2, 0.25) is 0 Å². The van der Waals surface area contributed by atoms with E-state index in [1.807, 2.05) is 49.4 Å². The average molecular weight is 286 g/mol. The molecule has 3 rings (SSSR count). The molecule has 2 nitrogen and oxygen atoms in total. The van der Waals surface area contributed by atoms with Crippen molar-refractivity contribution in [2.45, 2.75) is 36.2 Å². The van der Waals surface area contributed by atoms with Crippen molar-refractivity contribution in [3.63, 3.8) is 0 Å². The summed E-state index contributed by atoms with van der Waals surface area (Å²) in [5.41, 5.74) is 2.37. The van der Waals surface area contributed by atoms with E-state index in [-0.39, 0.29) is 11.5 Å². The highest BCUT2D eigenvalue weighted by atomic mass is 32.2. The number of hydrogen-bond acceptors (Lipinski definition) is 2. The van der Waals surface area contributed by atoms with Crippen molar-refractivity contribution in [3.8, 4) is 0 Å². The predicted octanol–water partition coefficient (Wildman–Crippen LogP) is 3.46. The summed E-state index contributed by atoms with van der Waals surface area (Å²) in [6.45, 7) is 2.03. The van der Waals surface area contributed by atoms with Crippen LogP contribution in [0.3, 0.4) is 0 Å². The van der Waals surface area contributed by atoms with Crippen molar-refractivity contribution in [1.82, 2.24) is 0 Å². The Labute approximate surface area is 122 Å². The summed E-state index contributed by atoms with van der Waals surface area (Å²) in [6, 6.07) is 18.2. The highest BCUT2D eigenvalue weighted by molar-refractivity contribution is 7.85. The summed E-state index contributed by atoms with van der Waals surface area (Å²) in [4.78, 5) is 0.864. The van der Waals surface area contributed by atoms with Crippen LogP contribution in [0.25, 0.3) is 0 Å². The Balaban J connectivity index is 1.54. The highest BCUT2D eigenvalue weighted by Gasteiger charge is 2.43. The van der Waals surface area contributed by atoms with Gasteiger partial charge in [-0.3, -0.25) is 4.21 Å². The maximum atomic E-state index is 12.3. The Morgan fingerprint density at radius 2 is 1.75 bits per heavy atom. The first kappa shape index (κ1) is 13.5. The third-order valence-electron chi connectivity index (χ3n) is 3.56. The van der Waals surface area contributed by atoms with Gasteiger partial charge >= 0.3 is 0 Å². The zero-order valence-electron chi connectivity index (χ0n) is 11.5. The van der Waals surface area contributed by atoms with E-state index in [1.165, 1.54) is 11.1 Å². The zero-order valence-corrected chi connectivity index (χ0v) is 12.3. The molecule has 3 heteroatoms. The number of benzene rings is 2. The molecule has 1 saturated heterocycles. The molecular weight excluding hydrogens is 268 g/mol. The van der Waals surface area contributed by atoms with E-state index in [9.17, 15) is 4.21 Å². The van der Waals surface area contributed by atoms with Gasteiger partial charge in [-0.25, -0.2) is 0 Å². The summed E-state index contributed by atoms with van der Waals surface area (Å²) in [5.74, 6) is 0. The van der Waals surface area contributed by atoms with Crippen molar-refractivity contribution >= 4 is 10.8 Å². The molecule has 0 radical (unpaired) electrons. The Kier molecular flexibility index (Phi) is 3.99. The molecule has 0 aliphatic carbocycles. The SMILES string of the molecule is Cc1ccc([S@](=O)[C@H]2O[C@@H]2CCc2ccccc2)cc1. The van der Waals surface area contributed by atoms with Gasteiger partial charge in [-0.05, 0) is 37.5 Å². The molecule has 1 aliphatic rings. The molecular formula is C17H18O2S. The van der Waals surface area contributed by atoms with Crippen molar-refractivity contribution < 1.29 is 8.95 Å². The van der Waals surface area contributed by atoms with Crippen LogP contribution in [-0.4, -0.2) is 15.7 Å². The van der Waals surface area contributed by atoms with Crippen LogP contribution in [0.5, 0.6) is 0 Å². The summed E-state index contributed by atoms with van der Waals surface area (Å²) >= 11 is 0. The fraction of sp³-hybridized carbons (Fsp3) is 0.294. The van der Waals surface area contributed by atoms with Gasteiger partial charge in [-0.2, -0.15) is 0 Å². The van der Waals surface area contributed by atoms with E-state index in [2.05, 4.69) is 12.1 Å². The largest absolute Gasteiger partial charge is 0.355 e. The molecule has 0 N–H and O–H groups in total. The normalized spacial score (nSPS) is 22.4. The molecule has 1 heterocycles. The van der Waals surface area contributed by atoms with Gasteiger partial charge in [0, 0.05) is 4.90 Å². The lowest BCUT2D eigenvalue weighted by atomic mass is 10.1. The van der Waals surface area contributed by atoms with E-state index in [4.69, 9.17) is 4.74 Å². The van der Waals surface area contributed by atoms with Gasteiger partial charge in [0.15, 0.2) is 5.44 Å². The Bertz CT molecular complexity index is 592. The van der Waals surface area contributed by atoms with Crippen LogP contribution in [0.1, 0.15) is 17.5 Å². The third kappa shape index (κ3) is 3.17. The smallest absolute Gasteiger partial charge is 0.163 e. The first-order chi connectivity index (χ1) is 9.74. The first-order valence-corrected chi connectivity index (χ1v) is 8.12. The van der Waals surface area contributed by atoms with Crippen LogP contribution in [0, 0.1) is 6.92 Å². The zero-order chi connectivity index (χ0) is 13.9. The molecule has 0 spiro atoms. The van der Waals surface area contributed by atoms with Crippen molar-refractivity contribution in [1.29, 1.82) is 0 Å². The molecule has 0 saturated carbocycles. The van der Waals surface area contributed by atoms with Crippen LogP contribution in [0.4, 0.5) is 0 Å². The molecule has 2 aromatic rings. The van der Waals surface area contributed by atoms with Gasteiger partial charge in [0.25, 0.3) is 0 Å². The van der Waals surface area contributed by atoms with Gasteiger partial charge < -0.3 is 4.74 Å². The molecule has 104 valence electrons. The van der Waals surface area contributed by atoms with E-state index in [0.717, 1.165) is 17.7 Å². The number of epoxide rings is 1. The lowest BCUT2D eigenvalue weighted by Crippen LogP contribution is -2.04. The minimum Gasteiger partial charge on any atom is -0.355 e. The minimum absolute atomic E-state index is 0.124. The average Bonchev–Trinajstić information content (AvgIpc) is 3.26. The molecule has 2 aromatic carbocycles. The lowest BCUT2D eigenvalue weighted by molar-refractivity contribution is 0.387. The van der Waals surface area contributed by atoms with Gasteiger partial charge in [-0.15, -0.1) is 0 Å². The summed E-state index contributed by atoms with van der Waals surface area (Å²) in [5, 5.41) is 0. The number of hydrogen-bond donors (Lipinski definition) is 0. The van der Waals surface area contributed by atoms with Crippen molar-refractivity contribution in [3.05, 3.63) is 65.7 Å². The molecule has 0 bridgehead atoms. The Morgan fingerprint density at radius 3 is 2.45 bits per heavy atom. The molecule has 0 aromatic heterocycles. The van der Waals surface area contributed by atoms with Crippen molar-refractivity contribution in [2.24, 2.45) is 0 Å². The monoisotopic (exact) mass is 286 g/mol. The van der Waals surface area contributed by atoms with E-state index >= 15 is 0 Å². The second-order valence-electron chi connectivity index (χ2n) is 5.18. The van der Waals surface area contributed by atoms with Crippen molar-refractivity contribution in [2.75, 3.05) is 0 Å². The number of rotatable bonds is 5. The Morgan fingerprint density at radius 1 is 1.05 bits per heavy atom. The predicted molar refractivity (Wildman–Crippen MR) is 81.0 cm³/mol. The van der Waals surface area contributed by atoms with Crippen LogP contribution < -0.4 is 0 Å². The van der Waals surface area contributed by atoms with Crippen LogP contribution in [-0.2, 0) is 22.0 Å². The molecule has 20 heavy (non-hydrogen) atoms. The Hall–Kier alpha value is -1.45. The van der Waals surface area contributed by atoms with Gasteiger partial charge in [0.05, 0.1) is 16.9 Å².